The zero-order valence-electron chi connectivity index (χ0n) is 12.6. The summed E-state index contributed by atoms with van der Waals surface area (Å²) in [5.74, 6) is 0.218. The maximum Gasteiger partial charge on any atom is 0.318 e. The van der Waals surface area contributed by atoms with E-state index in [4.69, 9.17) is 17.3 Å². The predicted octanol–water partition coefficient (Wildman–Crippen LogP) is 2.29. The van der Waals surface area contributed by atoms with E-state index in [0.29, 0.717) is 22.5 Å². The number of benzene rings is 1. The van der Waals surface area contributed by atoms with E-state index >= 15 is 0 Å². The summed E-state index contributed by atoms with van der Waals surface area (Å²) in [5, 5.41) is 11.1. The van der Waals surface area contributed by atoms with E-state index in [0.717, 1.165) is 5.56 Å². The van der Waals surface area contributed by atoms with Gasteiger partial charge < -0.3 is 10.3 Å². The number of urea groups is 1. The van der Waals surface area contributed by atoms with Crippen LogP contribution in [-0.4, -0.2) is 32.0 Å². The van der Waals surface area contributed by atoms with Gasteiger partial charge in [0.15, 0.2) is 11.0 Å². The Labute approximate surface area is 142 Å². The standard InChI is InChI=1S/C14H16ClN5O2S/c1-3-20-11(9-4-6-10(15)7-5-9)18-19-14(20)23-8(2)12(21)17-13(16)22/h4-8H,3H2,1-2H3,(H3,16,17,21,22)/t8-/m1/s1. The van der Waals surface area contributed by atoms with Crippen LogP contribution in [0.15, 0.2) is 29.4 Å². The number of hydrogen-bond acceptors (Lipinski definition) is 5. The van der Waals surface area contributed by atoms with Crippen LogP contribution in [0.25, 0.3) is 11.4 Å². The first-order valence-corrected chi connectivity index (χ1v) is 8.14. The van der Waals surface area contributed by atoms with Gasteiger partial charge in [0.1, 0.15) is 0 Å². The molecule has 9 heteroatoms. The van der Waals surface area contributed by atoms with E-state index < -0.39 is 17.2 Å². The Hall–Kier alpha value is -2.06. The molecule has 1 heterocycles. The summed E-state index contributed by atoms with van der Waals surface area (Å²) in [7, 11) is 0. The molecule has 3 amide bonds. The molecule has 0 aliphatic rings. The van der Waals surface area contributed by atoms with Crippen LogP contribution in [0.5, 0.6) is 0 Å². The van der Waals surface area contributed by atoms with E-state index in [1.807, 2.05) is 23.6 Å². The predicted molar refractivity (Wildman–Crippen MR) is 89.2 cm³/mol. The lowest BCUT2D eigenvalue weighted by Crippen LogP contribution is -2.39. The van der Waals surface area contributed by atoms with Crippen molar-refractivity contribution in [2.75, 3.05) is 0 Å². The number of aromatic nitrogens is 3. The third-order valence-electron chi connectivity index (χ3n) is 3.03. The summed E-state index contributed by atoms with van der Waals surface area (Å²) in [4.78, 5) is 22.5. The molecule has 23 heavy (non-hydrogen) atoms. The van der Waals surface area contributed by atoms with Crippen molar-refractivity contribution in [2.24, 2.45) is 5.73 Å². The Morgan fingerprint density at radius 3 is 2.57 bits per heavy atom. The molecule has 2 rings (SSSR count). The molecule has 0 saturated heterocycles. The van der Waals surface area contributed by atoms with Crippen molar-refractivity contribution < 1.29 is 9.59 Å². The Bertz CT molecular complexity index is 716. The zero-order valence-corrected chi connectivity index (χ0v) is 14.2. The quantitative estimate of drug-likeness (QED) is 0.803. The van der Waals surface area contributed by atoms with E-state index in [-0.39, 0.29) is 0 Å². The topological polar surface area (TPSA) is 103 Å². The molecule has 1 aromatic carbocycles. The molecule has 0 aliphatic carbocycles. The third-order valence-corrected chi connectivity index (χ3v) is 4.37. The fourth-order valence-electron chi connectivity index (χ4n) is 1.91. The van der Waals surface area contributed by atoms with Gasteiger partial charge >= 0.3 is 6.03 Å². The van der Waals surface area contributed by atoms with Gasteiger partial charge in [-0.1, -0.05) is 23.4 Å². The number of primary amides is 1. The maximum absolute atomic E-state index is 11.8. The molecule has 0 saturated carbocycles. The Balaban J connectivity index is 2.22. The van der Waals surface area contributed by atoms with Gasteiger partial charge in [0.2, 0.25) is 5.91 Å². The van der Waals surface area contributed by atoms with Gasteiger partial charge in [-0.05, 0) is 38.1 Å². The summed E-state index contributed by atoms with van der Waals surface area (Å²) >= 11 is 7.10. The highest BCUT2D eigenvalue weighted by Crippen LogP contribution is 2.27. The number of carbonyl (C=O) groups is 2. The molecular weight excluding hydrogens is 338 g/mol. The molecular formula is C14H16ClN5O2S. The van der Waals surface area contributed by atoms with Crippen LogP contribution in [0.2, 0.25) is 5.02 Å². The second-order valence-corrected chi connectivity index (χ2v) is 6.42. The molecule has 3 N–H and O–H groups in total. The molecule has 7 nitrogen and oxygen atoms in total. The van der Waals surface area contributed by atoms with Crippen molar-refractivity contribution >= 4 is 35.3 Å². The Kier molecular flexibility index (Phi) is 5.62. The molecule has 2 aromatic rings. The van der Waals surface area contributed by atoms with Crippen molar-refractivity contribution in [3.63, 3.8) is 0 Å². The van der Waals surface area contributed by atoms with Crippen molar-refractivity contribution in [1.82, 2.24) is 20.1 Å². The van der Waals surface area contributed by atoms with Crippen molar-refractivity contribution in [3.05, 3.63) is 29.3 Å². The van der Waals surface area contributed by atoms with Crippen LogP contribution in [0.1, 0.15) is 13.8 Å². The van der Waals surface area contributed by atoms with Crippen LogP contribution in [0.3, 0.4) is 0 Å². The molecule has 0 unspecified atom stereocenters. The van der Waals surface area contributed by atoms with Crippen LogP contribution >= 0.6 is 23.4 Å². The minimum absolute atomic E-state index is 0.471. The highest BCUT2D eigenvalue weighted by molar-refractivity contribution is 8.00. The Morgan fingerprint density at radius 1 is 1.35 bits per heavy atom. The largest absolute Gasteiger partial charge is 0.351 e. The van der Waals surface area contributed by atoms with Crippen LogP contribution in [-0.2, 0) is 11.3 Å². The zero-order chi connectivity index (χ0) is 17.0. The average Bonchev–Trinajstić information content (AvgIpc) is 2.89. The lowest BCUT2D eigenvalue weighted by atomic mass is 10.2. The summed E-state index contributed by atoms with van der Waals surface area (Å²) in [6, 6.07) is 6.40. The van der Waals surface area contributed by atoms with Crippen LogP contribution in [0.4, 0.5) is 4.79 Å². The number of nitrogens with zero attached hydrogens (tertiary/aromatic N) is 3. The summed E-state index contributed by atoms with van der Waals surface area (Å²) < 4.78 is 1.89. The van der Waals surface area contributed by atoms with Gasteiger partial charge in [-0.3, -0.25) is 10.1 Å². The lowest BCUT2D eigenvalue weighted by molar-refractivity contribution is -0.119. The van der Waals surface area contributed by atoms with Crippen molar-refractivity contribution in [3.8, 4) is 11.4 Å². The van der Waals surface area contributed by atoms with Gasteiger partial charge in [0.25, 0.3) is 0 Å². The SMILES string of the molecule is CCn1c(S[C@H](C)C(=O)NC(N)=O)nnc1-c1ccc(Cl)cc1. The summed E-state index contributed by atoms with van der Waals surface area (Å²) in [5.41, 5.74) is 5.83. The van der Waals surface area contributed by atoms with E-state index in [1.165, 1.54) is 11.8 Å². The smallest absolute Gasteiger partial charge is 0.318 e. The van der Waals surface area contributed by atoms with E-state index in [1.54, 1.807) is 19.1 Å². The second kappa shape index (κ2) is 7.47. The van der Waals surface area contributed by atoms with Gasteiger partial charge in [-0.25, -0.2) is 4.79 Å². The summed E-state index contributed by atoms with van der Waals surface area (Å²) in [6.07, 6.45) is 0. The number of amides is 3. The number of halogens is 1. The fourth-order valence-corrected chi connectivity index (χ4v) is 2.95. The first-order chi connectivity index (χ1) is 10.9. The van der Waals surface area contributed by atoms with Gasteiger partial charge in [0.05, 0.1) is 5.25 Å². The highest BCUT2D eigenvalue weighted by Gasteiger charge is 2.21. The van der Waals surface area contributed by atoms with Gasteiger partial charge in [-0.2, -0.15) is 0 Å². The number of thioether (sulfide) groups is 1. The molecule has 0 radical (unpaired) electrons. The number of nitrogens with two attached hydrogens (primary N) is 1. The van der Waals surface area contributed by atoms with Crippen LogP contribution in [0, 0.1) is 0 Å². The number of rotatable bonds is 5. The van der Waals surface area contributed by atoms with Crippen molar-refractivity contribution in [2.45, 2.75) is 30.8 Å². The molecule has 0 aliphatic heterocycles. The molecule has 0 spiro atoms. The normalized spacial score (nSPS) is 12.0. The Morgan fingerprint density at radius 2 is 2.00 bits per heavy atom. The number of nitrogens with one attached hydrogen (secondary N) is 1. The maximum atomic E-state index is 11.8. The molecule has 122 valence electrons. The molecule has 1 atom stereocenters. The first kappa shape index (κ1) is 17.3. The third kappa shape index (κ3) is 4.23. The average molecular weight is 354 g/mol. The fraction of sp³-hybridized carbons (Fsp3) is 0.286. The lowest BCUT2D eigenvalue weighted by Gasteiger charge is -2.11. The first-order valence-electron chi connectivity index (χ1n) is 6.88. The second-order valence-electron chi connectivity index (χ2n) is 4.67. The number of carbonyl (C=O) groups excluding carboxylic acids is 2. The minimum atomic E-state index is -0.874. The minimum Gasteiger partial charge on any atom is -0.351 e. The molecule has 1 aromatic heterocycles. The molecule has 0 bridgehead atoms. The van der Waals surface area contributed by atoms with E-state index in [9.17, 15) is 9.59 Å². The number of hydrogen-bond donors (Lipinski definition) is 2. The monoisotopic (exact) mass is 353 g/mol. The van der Waals surface area contributed by atoms with E-state index in [2.05, 4.69) is 15.5 Å². The van der Waals surface area contributed by atoms with Gasteiger partial charge in [-0.15, -0.1) is 10.2 Å². The van der Waals surface area contributed by atoms with Crippen LogP contribution < -0.4 is 11.1 Å². The highest BCUT2D eigenvalue weighted by atomic mass is 35.5. The number of imide groups is 1. The van der Waals surface area contributed by atoms with Gasteiger partial charge in [0, 0.05) is 17.1 Å². The summed E-state index contributed by atoms with van der Waals surface area (Å²) in [6.45, 7) is 4.26. The molecule has 0 fully saturated rings. The van der Waals surface area contributed by atoms with Crippen molar-refractivity contribution in [1.29, 1.82) is 0 Å².